The third-order valence-corrected chi connectivity index (χ3v) is 3.43. The van der Waals surface area contributed by atoms with Crippen LogP contribution in [0.15, 0.2) is 60.7 Å². The van der Waals surface area contributed by atoms with Crippen molar-refractivity contribution in [3.8, 4) is 17.9 Å². The van der Waals surface area contributed by atoms with Gasteiger partial charge < -0.3 is 4.74 Å². The molecule has 0 radical (unpaired) electrons. The molecule has 4 nitrogen and oxygen atoms in total. The fourth-order valence-corrected chi connectivity index (χ4v) is 2.30. The summed E-state index contributed by atoms with van der Waals surface area (Å²) in [4.78, 5) is 12.2. The third kappa shape index (κ3) is 2.74. The molecule has 0 atom stereocenters. The van der Waals surface area contributed by atoms with E-state index in [-0.39, 0.29) is 5.56 Å². The van der Waals surface area contributed by atoms with Crippen molar-refractivity contribution in [3.63, 3.8) is 0 Å². The van der Waals surface area contributed by atoms with Crippen LogP contribution in [-0.4, -0.2) is 5.97 Å². The molecule has 3 rings (SSSR count). The second-order valence-electron chi connectivity index (χ2n) is 4.85. The van der Waals surface area contributed by atoms with Crippen LogP contribution in [-0.2, 0) is 0 Å². The maximum Gasteiger partial charge on any atom is 0.343 e. The highest BCUT2D eigenvalue weighted by atomic mass is 16.5. The molecule has 0 aromatic heterocycles. The average molecular weight is 298 g/mol. The summed E-state index contributed by atoms with van der Waals surface area (Å²) in [6.45, 7) is 0. The van der Waals surface area contributed by atoms with Gasteiger partial charge >= 0.3 is 5.97 Å². The quantitative estimate of drug-likeness (QED) is 0.532. The van der Waals surface area contributed by atoms with Gasteiger partial charge in [-0.05, 0) is 35.7 Å². The molecule has 4 heteroatoms. The highest BCUT2D eigenvalue weighted by molar-refractivity contribution is 5.96. The zero-order chi connectivity index (χ0) is 16.2. The molecule has 23 heavy (non-hydrogen) atoms. The molecule has 0 saturated heterocycles. The summed E-state index contributed by atoms with van der Waals surface area (Å²) < 4.78 is 5.46. The normalized spacial score (nSPS) is 9.83. The number of nitriles is 2. The molecule has 0 unspecified atom stereocenters. The van der Waals surface area contributed by atoms with Crippen LogP contribution in [0.5, 0.6) is 5.75 Å². The standard InChI is InChI=1S/C19H10N2O2/c20-11-15-9-14-7-4-8-18(17(14)10-16(15)12-21)23-19(22)13-5-2-1-3-6-13/h1-10H. The van der Waals surface area contributed by atoms with Gasteiger partial charge in [0.15, 0.2) is 0 Å². The van der Waals surface area contributed by atoms with Crippen molar-refractivity contribution >= 4 is 16.7 Å². The molecule has 0 saturated carbocycles. The van der Waals surface area contributed by atoms with E-state index >= 15 is 0 Å². The van der Waals surface area contributed by atoms with Gasteiger partial charge in [0.2, 0.25) is 0 Å². The number of rotatable bonds is 2. The zero-order valence-corrected chi connectivity index (χ0v) is 12.0. The van der Waals surface area contributed by atoms with Crippen molar-refractivity contribution < 1.29 is 9.53 Å². The van der Waals surface area contributed by atoms with Gasteiger partial charge in [-0.25, -0.2) is 4.79 Å². The van der Waals surface area contributed by atoms with E-state index in [1.165, 1.54) is 0 Å². The molecule has 0 N–H and O–H groups in total. The number of fused-ring (bicyclic) bond motifs is 1. The second-order valence-corrected chi connectivity index (χ2v) is 4.85. The van der Waals surface area contributed by atoms with Crippen LogP contribution in [0.2, 0.25) is 0 Å². The number of esters is 1. The van der Waals surface area contributed by atoms with Gasteiger partial charge in [0.1, 0.15) is 17.9 Å². The first-order chi connectivity index (χ1) is 11.2. The van der Waals surface area contributed by atoms with Crippen molar-refractivity contribution in [1.82, 2.24) is 0 Å². The first kappa shape index (κ1) is 14.3. The van der Waals surface area contributed by atoms with E-state index in [0.717, 1.165) is 5.39 Å². The number of carbonyl (C=O) groups excluding carboxylic acids is 1. The summed E-state index contributed by atoms with van der Waals surface area (Å²) in [5, 5.41) is 19.6. The molecule has 3 aromatic rings. The Bertz CT molecular complexity index is 980. The highest BCUT2D eigenvalue weighted by Crippen LogP contribution is 2.29. The smallest absolute Gasteiger partial charge is 0.343 e. The predicted octanol–water partition coefficient (Wildman–Crippen LogP) is 3.80. The van der Waals surface area contributed by atoms with Crippen molar-refractivity contribution in [3.05, 3.63) is 77.4 Å². The van der Waals surface area contributed by atoms with Gasteiger partial charge in [0.05, 0.1) is 16.7 Å². The Morgan fingerprint density at radius 1 is 0.870 bits per heavy atom. The fourth-order valence-electron chi connectivity index (χ4n) is 2.30. The van der Waals surface area contributed by atoms with Crippen LogP contribution in [0.4, 0.5) is 0 Å². The summed E-state index contributed by atoms with van der Waals surface area (Å²) in [5.41, 5.74) is 0.994. The van der Waals surface area contributed by atoms with Crippen LogP contribution < -0.4 is 4.74 Å². The molecule has 0 heterocycles. The number of carbonyl (C=O) groups is 1. The van der Waals surface area contributed by atoms with Crippen LogP contribution in [0.3, 0.4) is 0 Å². The van der Waals surface area contributed by atoms with E-state index < -0.39 is 5.97 Å². The summed E-state index contributed by atoms with van der Waals surface area (Å²) >= 11 is 0. The van der Waals surface area contributed by atoms with Crippen molar-refractivity contribution in [2.24, 2.45) is 0 Å². The number of hydrogen-bond acceptors (Lipinski definition) is 4. The Balaban J connectivity index is 2.07. The van der Waals surface area contributed by atoms with Gasteiger partial charge in [-0.2, -0.15) is 10.5 Å². The Labute approximate surface area is 132 Å². The van der Waals surface area contributed by atoms with Gasteiger partial charge in [0, 0.05) is 5.39 Å². The number of benzene rings is 3. The second kappa shape index (κ2) is 6.01. The summed E-state index contributed by atoms with van der Waals surface area (Å²) in [6, 6.07) is 21.0. The molecular weight excluding hydrogens is 288 g/mol. The minimum Gasteiger partial charge on any atom is -0.422 e. The first-order valence-electron chi connectivity index (χ1n) is 6.87. The van der Waals surface area contributed by atoms with Crippen LogP contribution in [0, 0.1) is 22.7 Å². The number of nitrogens with zero attached hydrogens (tertiary/aromatic N) is 2. The average Bonchev–Trinajstić information content (AvgIpc) is 2.61. The first-order valence-corrected chi connectivity index (χ1v) is 6.87. The molecule has 0 amide bonds. The van der Waals surface area contributed by atoms with Gasteiger partial charge in [-0.15, -0.1) is 0 Å². The SMILES string of the molecule is N#Cc1cc2cccc(OC(=O)c3ccccc3)c2cc1C#N. The zero-order valence-electron chi connectivity index (χ0n) is 12.0. The maximum absolute atomic E-state index is 12.2. The molecule has 108 valence electrons. The fraction of sp³-hybridized carbons (Fsp3) is 0. The monoisotopic (exact) mass is 298 g/mol. The van der Waals surface area contributed by atoms with E-state index in [2.05, 4.69) is 0 Å². The van der Waals surface area contributed by atoms with E-state index in [1.54, 1.807) is 54.6 Å². The lowest BCUT2D eigenvalue weighted by atomic mass is 10.0. The molecular formula is C19H10N2O2. The van der Waals surface area contributed by atoms with E-state index in [4.69, 9.17) is 15.3 Å². The van der Waals surface area contributed by atoms with Crippen molar-refractivity contribution in [2.45, 2.75) is 0 Å². The van der Waals surface area contributed by atoms with Crippen LogP contribution in [0.1, 0.15) is 21.5 Å². The molecule has 0 aliphatic rings. The lowest BCUT2D eigenvalue weighted by Gasteiger charge is -2.08. The van der Waals surface area contributed by atoms with Crippen LogP contribution in [0.25, 0.3) is 10.8 Å². The molecule has 0 spiro atoms. The van der Waals surface area contributed by atoms with E-state index in [1.807, 2.05) is 18.2 Å². The Morgan fingerprint density at radius 2 is 1.57 bits per heavy atom. The molecule has 3 aromatic carbocycles. The van der Waals surface area contributed by atoms with Gasteiger partial charge in [0.25, 0.3) is 0 Å². The van der Waals surface area contributed by atoms with E-state index in [9.17, 15) is 4.79 Å². The summed E-state index contributed by atoms with van der Waals surface area (Å²) in [7, 11) is 0. The Morgan fingerprint density at radius 3 is 2.26 bits per heavy atom. The predicted molar refractivity (Wildman–Crippen MR) is 84.8 cm³/mol. The minimum absolute atomic E-state index is 0.253. The van der Waals surface area contributed by atoms with Crippen molar-refractivity contribution in [2.75, 3.05) is 0 Å². The van der Waals surface area contributed by atoms with Crippen LogP contribution >= 0.6 is 0 Å². The molecule has 0 bridgehead atoms. The Hall–Kier alpha value is -3.63. The van der Waals surface area contributed by atoms with E-state index in [0.29, 0.717) is 22.3 Å². The minimum atomic E-state index is -0.471. The molecule has 0 aliphatic carbocycles. The third-order valence-electron chi connectivity index (χ3n) is 3.43. The largest absolute Gasteiger partial charge is 0.422 e. The summed E-state index contributed by atoms with van der Waals surface area (Å²) in [6.07, 6.45) is 0. The highest BCUT2D eigenvalue weighted by Gasteiger charge is 2.12. The van der Waals surface area contributed by atoms with Crippen molar-refractivity contribution in [1.29, 1.82) is 10.5 Å². The molecule has 0 fully saturated rings. The lowest BCUT2D eigenvalue weighted by Crippen LogP contribution is -2.08. The van der Waals surface area contributed by atoms with Gasteiger partial charge in [-0.3, -0.25) is 0 Å². The molecule has 0 aliphatic heterocycles. The Kier molecular flexibility index (Phi) is 3.74. The lowest BCUT2D eigenvalue weighted by molar-refractivity contribution is 0.0737. The summed E-state index contributed by atoms with van der Waals surface area (Å²) in [5.74, 6) is -0.113. The number of ether oxygens (including phenoxy) is 1. The number of hydrogen-bond donors (Lipinski definition) is 0. The maximum atomic E-state index is 12.2. The topological polar surface area (TPSA) is 73.9 Å². The van der Waals surface area contributed by atoms with Gasteiger partial charge in [-0.1, -0.05) is 30.3 Å².